The molecule has 1 aliphatic heterocycles. The molecule has 1 heterocycles. The second-order valence-electron chi connectivity index (χ2n) is 6.67. The van der Waals surface area contributed by atoms with E-state index in [1.165, 1.54) is 7.11 Å². The molecule has 2 rings (SSSR count). The van der Waals surface area contributed by atoms with Crippen molar-refractivity contribution in [1.29, 1.82) is 0 Å². The maximum absolute atomic E-state index is 12.4. The van der Waals surface area contributed by atoms with Gasteiger partial charge < -0.3 is 14.4 Å². The molecule has 1 saturated heterocycles. The number of amides is 3. The summed E-state index contributed by atoms with van der Waals surface area (Å²) in [6.45, 7) is 5.37. The lowest BCUT2D eigenvalue weighted by Gasteiger charge is -2.32. The van der Waals surface area contributed by atoms with Crippen LogP contribution in [0.5, 0.6) is 11.5 Å². The van der Waals surface area contributed by atoms with Crippen molar-refractivity contribution in [2.24, 2.45) is 5.92 Å². The summed E-state index contributed by atoms with van der Waals surface area (Å²) in [7, 11) is 1.50. The highest BCUT2D eigenvalue weighted by atomic mass is 16.5. The molecule has 1 aromatic carbocycles. The van der Waals surface area contributed by atoms with Crippen LogP contribution in [-0.2, 0) is 9.59 Å². The molecule has 0 aliphatic carbocycles. The van der Waals surface area contributed by atoms with Crippen LogP contribution in [0.3, 0.4) is 0 Å². The van der Waals surface area contributed by atoms with Gasteiger partial charge in [0.15, 0.2) is 11.5 Å². The number of piperidine rings is 1. The smallest absolute Gasteiger partial charge is 0.269 e. The van der Waals surface area contributed by atoms with E-state index in [1.54, 1.807) is 23.1 Å². The van der Waals surface area contributed by atoms with Crippen LogP contribution in [0, 0.1) is 5.92 Å². The molecule has 1 unspecified atom stereocenters. The Morgan fingerprint density at radius 3 is 2.64 bits per heavy atom. The van der Waals surface area contributed by atoms with Crippen molar-refractivity contribution >= 4 is 17.7 Å². The fraction of sp³-hybridized carbons (Fsp3) is 0.550. The standard InChI is InChI=1S/C20H29N3O5/c1-4-7-18(24)23-11-6-8-15(13-23)20(26)22-21-19(25)14-9-10-16(28-5-2)17(12-14)27-3/h9-10,12,15H,4-8,11,13H2,1-3H3,(H,21,25)(H,22,26). The van der Waals surface area contributed by atoms with Gasteiger partial charge in [-0.2, -0.15) is 0 Å². The lowest BCUT2D eigenvalue weighted by Crippen LogP contribution is -2.50. The van der Waals surface area contributed by atoms with E-state index in [9.17, 15) is 14.4 Å². The molecule has 0 spiro atoms. The Morgan fingerprint density at radius 2 is 1.96 bits per heavy atom. The predicted molar refractivity (Wildman–Crippen MR) is 104 cm³/mol. The third-order valence-electron chi connectivity index (χ3n) is 4.63. The second kappa shape index (κ2) is 10.5. The molecule has 8 heteroatoms. The first-order chi connectivity index (χ1) is 13.5. The highest BCUT2D eigenvalue weighted by Gasteiger charge is 2.28. The Morgan fingerprint density at radius 1 is 1.18 bits per heavy atom. The van der Waals surface area contributed by atoms with Gasteiger partial charge in [0.05, 0.1) is 19.6 Å². The van der Waals surface area contributed by atoms with Crippen LogP contribution in [0.4, 0.5) is 0 Å². The van der Waals surface area contributed by atoms with Crippen molar-refractivity contribution in [3.05, 3.63) is 23.8 Å². The third kappa shape index (κ3) is 5.61. The zero-order valence-electron chi connectivity index (χ0n) is 16.7. The molecule has 154 valence electrons. The molecule has 0 bridgehead atoms. The molecule has 0 saturated carbocycles. The van der Waals surface area contributed by atoms with E-state index in [0.717, 1.165) is 12.8 Å². The lowest BCUT2D eigenvalue weighted by atomic mass is 9.97. The Hall–Kier alpha value is -2.77. The number of rotatable bonds is 7. The number of hydrogen-bond acceptors (Lipinski definition) is 5. The Labute approximate surface area is 165 Å². The molecule has 28 heavy (non-hydrogen) atoms. The number of hydrazine groups is 1. The second-order valence-corrected chi connectivity index (χ2v) is 6.67. The van der Waals surface area contributed by atoms with E-state index in [4.69, 9.17) is 9.47 Å². The zero-order chi connectivity index (χ0) is 20.5. The number of methoxy groups -OCH3 is 1. The average Bonchev–Trinajstić information content (AvgIpc) is 2.72. The van der Waals surface area contributed by atoms with E-state index in [0.29, 0.717) is 49.6 Å². The number of hydrogen-bond donors (Lipinski definition) is 2. The number of carbonyl (C=O) groups excluding carboxylic acids is 3. The van der Waals surface area contributed by atoms with Gasteiger partial charge in [-0.25, -0.2) is 0 Å². The van der Waals surface area contributed by atoms with Gasteiger partial charge in [0, 0.05) is 25.1 Å². The highest BCUT2D eigenvalue weighted by molar-refractivity contribution is 5.96. The van der Waals surface area contributed by atoms with Gasteiger partial charge in [0.25, 0.3) is 5.91 Å². The van der Waals surface area contributed by atoms with Gasteiger partial charge in [0.1, 0.15) is 0 Å². The predicted octanol–water partition coefficient (Wildman–Crippen LogP) is 1.89. The molecule has 1 fully saturated rings. The van der Waals surface area contributed by atoms with Gasteiger partial charge in [-0.3, -0.25) is 25.2 Å². The Balaban J connectivity index is 1.91. The van der Waals surface area contributed by atoms with E-state index in [-0.39, 0.29) is 17.7 Å². The number of carbonyl (C=O) groups is 3. The third-order valence-corrected chi connectivity index (χ3v) is 4.63. The van der Waals surface area contributed by atoms with Gasteiger partial charge >= 0.3 is 0 Å². The summed E-state index contributed by atoms with van der Waals surface area (Å²) in [5.41, 5.74) is 5.24. The van der Waals surface area contributed by atoms with Crippen LogP contribution in [-0.4, -0.2) is 49.4 Å². The van der Waals surface area contributed by atoms with Crippen molar-refractivity contribution < 1.29 is 23.9 Å². The average molecular weight is 391 g/mol. The summed E-state index contributed by atoms with van der Waals surface area (Å²) in [6, 6.07) is 4.80. The van der Waals surface area contributed by atoms with Crippen LogP contribution >= 0.6 is 0 Å². The molecular weight excluding hydrogens is 362 g/mol. The molecule has 1 aromatic rings. The lowest BCUT2D eigenvalue weighted by molar-refractivity contribution is -0.136. The van der Waals surface area contributed by atoms with E-state index in [1.807, 2.05) is 13.8 Å². The van der Waals surface area contributed by atoms with Crippen molar-refractivity contribution in [3.63, 3.8) is 0 Å². The summed E-state index contributed by atoms with van der Waals surface area (Å²) in [6.07, 6.45) is 2.74. The maximum Gasteiger partial charge on any atom is 0.269 e. The zero-order valence-corrected chi connectivity index (χ0v) is 16.7. The minimum Gasteiger partial charge on any atom is -0.493 e. The molecule has 0 radical (unpaired) electrons. The summed E-state index contributed by atoms with van der Waals surface area (Å²) >= 11 is 0. The minimum absolute atomic E-state index is 0.0746. The summed E-state index contributed by atoms with van der Waals surface area (Å²) < 4.78 is 10.7. The summed E-state index contributed by atoms with van der Waals surface area (Å²) in [5, 5.41) is 0. The van der Waals surface area contributed by atoms with Crippen molar-refractivity contribution in [2.75, 3.05) is 26.8 Å². The fourth-order valence-electron chi connectivity index (χ4n) is 3.17. The Kier molecular flexibility index (Phi) is 8.10. The van der Waals surface area contributed by atoms with Crippen LogP contribution in [0.2, 0.25) is 0 Å². The number of benzene rings is 1. The normalized spacial score (nSPS) is 16.2. The van der Waals surface area contributed by atoms with Gasteiger partial charge in [0.2, 0.25) is 11.8 Å². The van der Waals surface area contributed by atoms with Crippen LogP contribution in [0.25, 0.3) is 0 Å². The molecule has 1 atom stereocenters. The quantitative estimate of drug-likeness (QED) is 0.692. The molecule has 8 nitrogen and oxygen atoms in total. The number of nitrogens with one attached hydrogen (secondary N) is 2. The van der Waals surface area contributed by atoms with Gasteiger partial charge in [-0.05, 0) is 44.4 Å². The highest BCUT2D eigenvalue weighted by Crippen LogP contribution is 2.28. The molecule has 0 aromatic heterocycles. The first-order valence-electron chi connectivity index (χ1n) is 9.68. The SMILES string of the molecule is CCCC(=O)N1CCCC(C(=O)NNC(=O)c2ccc(OCC)c(OC)c2)C1. The monoisotopic (exact) mass is 391 g/mol. The van der Waals surface area contributed by atoms with Crippen LogP contribution < -0.4 is 20.3 Å². The fourth-order valence-corrected chi connectivity index (χ4v) is 3.17. The van der Waals surface area contributed by atoms with Gasteiger partial charge in [-0.15, -0.1) is 0 Å². The van der Waals surface area contributed by atoms with Crippen molar-refractivity contribution in [3.8, 4) is 11.5 Å². The summed E-state index contributed by atoms with van der Waals surface area (Å²) in [5.74, 6) is -0.0114. The first kappa shape index (κ1) is 21.5. The maximum atomic E-state index is 12.4. The molecular formula is C20H29N3O5. The topological polar surface area (TPSA) is 97.0 Å². The largest absolute Gasteiger partial charge is 0.493 e. The van der Waals surface area contributed by atoms with E-state index in [2.05, 4.69) is 10.9 Å². The molecule has 2 N–H and O–H groups in total. The number of ether oxygens (including phenoxy) is 2. The number of nitrogens with zero attached hydrogens (tertiary/aromatic N) is 1. The van der Waals surface area contributed by atoms with E-state index >= 15 is 0 Å². The van der Waals surface area contributed by atoms with E-state index < -0.39 is 5.91 Å². The Bertz CT molecular complexity index is 707. The minimum atomic E-state index is -0.454. The van der Waals surface area contributed by atoms with Gasteiger partial charge in [-0.1, -0.05) is 6.92 Å². The summed E-state index contributed by atoms with van der Waals surface area (Å²) in [4.78, 5) is 38.5. The first-order valence-corrected chi connectivity index (χ1v) is 9.68. The van der Waals surface area contributed by atoms with Crippen LogP contribution in [0.1, 0.15) is 49.9 Å². The molecule has 1 aliphatic rings. The number of likely N-dealkylation sites (tertiary alicyclic amines) is 1. The van der Waals surface area contributed by atoms with Crippen LogP contribution in [0.15, 0.2) is 18.2 Å². The van der Waals surface area contributed by atoms with Crippen molar-refractivity contribution in [2.45, 2.75) is 39.5 Å². The molecule has 3 amide bonds. The van der Waals surface area contributed by atoms with Crippen molar-refractivity contribution in [1.82, 2.24) is 15.8 Å².